The summed E-state index contributed by atoms with van der Waals surface area (Å²) < 4.78 is 5.64. The fourth-order valence-electron chi connectivity index (χ4n) is 2.51. The molecule has 2 aromatic rings. The van der Waals surface area contributed by atoms with Gasteiger partial charge in [0, 0.05) is 18.0 Å². The van der Waals surface area contributed by atoms with Gasteiger partial charge in [0.25, 0.3) is 0 Å². The van der Waals surface area contributed by atoms with Crippen molar-refractivity contribution in [2.75, 3.05) is 6.54 Å². The van der Waals surface area contributed by atoms with Gasteiger partial charge in [-0.1, -0.05) is 6.07 Å². The van der Waals surface area contributed by atoms with Crippen molar-refractivity contribution in [3.8, 4) is 11.5 Å². The number of furan rings is 1. The van der Waals surface area contributed by atoms with E-state index in [1.165, 1.54) is 6.07 Å². The molecular formula is C14H15NO3. The van der Waals surface area contributed by atoms with E-state index in [0.29, 0.717) is 0 Å². The predicted octanol–water partition coefficient (Wildman–Crippen LogP) is 2.23. The van der Waals surface area contributed by atoms with Crippen LogP contribution in [0.1, 0.15) is 28.6 Å². The zero-order valence-corrected chi connectivity index (χ0v) is 10.1. The molecule has 1 unspecified atom stereocenters. The standard InChI is InChI=1S/C14H15NO3/c1-8-4-10-11(6-15-7-14(10)18-8)9-2-3-12(16)13(17)5-9/h2-5,11,15-17H,6-7H2,1H3. The molecular weight excluding hydrogens is 230 g/mol. The van der Waals surface area contributed by atoms with Crippen molar-refractivity contribution in [3.63, 3.8) is 0 Å². The van der Waals surface area contributed by atoms with E-state index in [0.717, 1.165) is 35.7 Å². The molecule has 0 amide bonds. The van der Waals surface area contributed by atoms with Crippen molar-refractivity contribution in [3.05, 3.63) is 46.9 Å². The third kappa shape index (κ3) is 1.75. The van der Waals surface area contributed by atoms with Crippen LogP contribution in [0.25, 0.3) is 0 Å². The lowest BCUT2D eigenvalue weighted by atomic mass is 9.89. The van der Waals surface area contributed by atoms with Crippen molar-refractivity contribution >= 4 is 0 Å². The van der Waals surface area contributed by atoms with Crippen molar-refractivity contribution < 1.29 is 14.6 Å². The molecule has 0 fully saturated rings. The molecule has 4 heteroatoms. The molecule has 1 aromatic carbocycles. The Kier molecular flexibility index (Phi) is 2.52. The Morgan fingerprint density at radius 1 is 1.22 bits per heavy atom. The smallest absolute Gasteiger partial charge is 0.157 e. The Morgan fingerprint density at radius 3 is 2.83 bits per heavy atom. The van der Waals surface area contributed by atoms with Gasteiger partial charge in [0.2, 0.25) is 0 Å². The first-order chi connectivity index (χ1) is 8.65. The molecule has 1 aliphatic heterocycles. The normalized spacial score (nSPS) is 18.6. The van der Waals surface area contributed by atoms with Crippen LogP contribution in [0.4, 0.5) is 0 Å². The van der Waals surface area contributed by atoms with E-state index >= 15 is 0 Å². The highest BCUT2D eigenvalue weighted by Gasteiger charge is 2.25. The van der Waals surface area contributed by atoms with E-state index in [-0.39, 0.29) is 17.4 Å². The quantitative estimate of drug-likeness (QED) is 0.674. The van der Waals surface area contributed by atoms with E-state index in [1.54, 1.807) is 6.07 Å². The van der Waals surface area contributed by atoms with Crippen LogP contribution >= 0.6 is 0 Å². The van der Waals surface area contributed by atoms with Crippen LogP contribution < -0.4 is 5.32 Å². The second-order valence-electron chi connectivity index (χ2n) is 4.67. The van der Waals surface area contributed by atoms with E-state index in [2.05, 4.69) is 5.32 Å². The van der Waals surface area contributed by atoms with Gasteiger partial charge in [0.05, 0.1) is 6.54 Å². The van der Waals surface area contributed by atoms with Crippen LogP contribution in [0.15, 0.2) is 28.7 Å². The number of nitrogens with one attached hydrogen (secondary N) is 1. The Balaban J connectivity index is 2.05. The molecule has 0 aliphatic carbocycles. The SMILES string of the molecule is Cc1cc2c(o1)CNCC2c1ccc(O)c(O)c1. The Bertz CT molecular complexity index is 589. The number of hydrogen-bond acceptors (Lipinski definition) is 4. The maximum atomic E-state index is 9.59. The van der Waals surface area contributed by atoms with Crippen LogP contribution in [-0.4, -0.2) is 16.8 Å². The molecule has 1 aromatic heterocycles. The summed E-state index contributed by atoms with van der Waals surface area (Å²) in [6.45, 7) is 3.48. The minimum atomic E-state index is -0.0916. The highest BCUT2D eigenvalue weighted by atomic mass is 16.3. The summed E-state index contributed by atoms with van der Waals surface area (Å²) in [5.41, 5.74) is 2.14. The van der Waals surface area contributed by atoms with Crippen LogP contribution in [0.3, 0.4) is 0 Å². The summed E-state index contributed by atoms with van der Waals surface area (Å²) >= 11 is 0. The van der Waals surface area contributed by atoms with Crippen molar-refractivity contribution in [2.24, 2.45) is 0 Å². The van der Waals surface area contributed by atoms with Gasteiger partial charge in [0.1, 0.15) is 11.5 Å². The van der Waals surface area contributed by atoms with Crippen molar-refractivity contribution in [1.82, 2.24) is 5.32 Å². The molecule has 1 aliphatic rings. The van der Waals surface area contributed by atoms with Gasteiger partial charge >= 0.3 is 0 Å². The van der Waals surface area contributed by atoms with Gasteiger partial charge in [-0.05, 0) is 30.7 Å². The Morgan fingerprint density at radius 2 is 2.06 bits per heavy atom. The number of phenols is 2. The summed E-state index contributed by atoms with van der Waals surface area (Å²) in [5.74, 6) is 1.83. The minimum absolute atomic E-state index is 0.0835. The van der Waals surface area contributed by atoms with Crippen LogP contribution in [0.5, 0.6) is 11.5 Å². The van der Waals surface area contributed by atoms with E-state index in [9.17, 15) is 10.2 Å². The summed E-state index contributed by atoms with van der Waals surface area (Å²) in [7, 11) is 0. The first-order valence-corrected chi connectivity index (χ1v) is 5.97. The largest absolute Gasteiger partial charge is 0.504 e. The number of hydrogen-bond donors (Lipinski definition) is 3. The maximum Gasteiger partial charge on any atom is 0.157 e. The van der Waals surface area contributed by atoms with Gasteiger partial charge < -0.3 is 19.9 Å². The minimum Gasteiger partial charge on any atom is -0.504 e. The van der Waals surface area contributed by atoms with Crippen molar-refractivity contribution in [2.45, 2.75) is 19.4 Å². The molecule has 3 rings (SSSR count). The fourth-order valence-corrected chi connectivity index (χ4v) is 2.51. The lowest BCUT2D eigenvalue weighted by molar-refractivity contribution is 0.402. The van der Waals surface area contributed by atoms with Gasteiger partial charge in [-0.25, -0.2) is 0 Å². The molecule has 0 saturated carbocycles. The van der Waals surface area contributed by atoms with Crippen molar-refractivity contribution in [1.29, 1.82) is 0 Å². The first kappa shape index (κ1) is 11.2. The summed E-state index contributed by atoms with van der Waals surface area (Å²) in [5, 5.41) is 22.2. The molecule has 0 radical (unpaired) electrons. The van der Waals surface area contributed by atoms with Gasteiger partial charge in [-0.2, -0.15) is 0 Å². The maximum absolute atomic E-state index is 9.59. The monoisotopic (exact) mass is 245 g/mol. The molecule has 18 heavy (non-hydrogen) atoms. The molecule has 0 bridgehead atoms. The van der Waals surface area contributed by atoms with Gasteiger partial charge in [-0.3, -0.25) is 0 Å². The number of benzene rings is 1. The van der Waals surface area contributed by atoms with E-state index in [4.69, 9.17) is 4.42 Å². The first-order valence-electron chi connectivity index (χ1n) is 5.97. The van der Waals surface area contributed by atoms with E-state index < -0.39 is 0 Å². The molecule has 0 spiro atoms. The number of rotatable bonds is 1. The summed E-state index contributed by atoms with van der Waals surface area (Å²) in [4.78, 5) is 0. The molecule has 0 saturated heterocycles. The number of phenolic OH excluding ortho intramolecular Hbond substituents is 2. The lowest BCUT2D eigenvalue weighted by Gasteiger charge is -2.23. The van der Waals surface area contributed by atoms with Gasteiger partial charge in [-0.15, -0.1) is 0 Å². The van der Waals surface area contributed by atoms with E-state index in [1.807, 2.05) is 19.1 Å². The molecule has 4 nitrogen and oxygen atoms in total. The summed E-state index contributed by atoms with van der Waals surface area (Å²) in [6, 6.07) is 7.01. The predicted molar refractivity (Wildman–Crippen MR) is 66.8 cm³/mol. The molecule has 3 N–H and O–H groups in total. The highest BCUT2D eigenvalue weighted by Crippen LogP contribution is 2.35. The Labute approximate surface area is 105 Å². The average Bonchev–Trinajstić information content (AvgIpc) is 2.72. The summed E-state index contributed by atoms with van der Waals surface area (Å²) in [6.07, 6.45) is 0. The third-order valence-electron chi connectivity index (χ3n) is 3.38. The topological polar surface area (TPSA) is 65.6 Å². The number of fused-ring (bicyclic) bond motifs is 1. The second kappa shape index (κ2) is 4.07. The van der Waals surface area contributed by atoms with Crippen LogP contribution in [0.2, 0.25) is 0 Å². The zero-order chi connectivity index (χ0) is 12.7. The molecule has 2 heterocycles. The number of aromatic hydroxyl groups is 2. The molecule has 1 atom stereocenters. The lowest BCUT2D eigenvalue weighted by Crippen LogP contribution is -2.27. The van der Waals surface area contributed by atoms with Crippen LogP contribution in [-0.2, 0) is 6.54 Å². The van der Waals surface area contributed by atoms with Crippen LogP contribution in [0, 0.1) is 6.92 Å². The van der Waals surface area contributed by atoms with Gasteiger partial charge in [0.15, 0.2) is 11.5 Å². The Hall–Kier alpha value is -1.94. The third-order valence-corrected chi connectivity index (χ3v) is 3.38. The second-order valence-corrected chi connectivity index (χ2v) is 4.67. The molecule has 94 valence electrons. The average molecular weight is 245 g/mol. The number of aryl methyl sites for hydroxylation is 1. The zero-order valence-electron chi connectivity index (χ0n) is 10.1. The highest BCUT2D eigenvalue weighted by molar-refractivity contribution is 5.45. The fraction of sp³-hybridized carbons (Fsp3) is 0.286.